The van der Waals surface area contributed by atoms with E-state index in [2.05, 4.69) is 4.98 Å². The van der Waals surface area contributed by atoms with E-state index in [-0.39, 0.29) is 25.8 Å². The summed E-state index contributed by atoms with van der Waals surface area (Å²) in [6.45, 7) is 0. The summed E-state index contributed by atoms with van der Waals surface area (Å²) in [6, 6.07) is 2.93. The summed E-state index contributed by atoms with van der Waals surface area (Å²) in [4.78, 5) is 14.0. The van der Waals surface area contributed by atoms with E-state index < -0.39 is 4.92 Å². The van der Waals surface area contributed by atoms with Crippen LogP contribution in [0.5, 0.6) is 0 Å². The van der Waals surface area contributed by atoms with E-state index in [0.717, 1.165) is 6.20 Å². The van der Waals surface area contributed by atoms with Gasteiger partial charge in [0.25, 0.3) is 0 Å². The molecule has 2 rings (SSSR count). The first kappa shape index (κ1) is 14.3. The van der Waals surface area contributed by atoms with Gasteiger partial charge in [-0.25, -0.2) is 0 Å². The summed E-state index contributed by atoms with van der Waals surface area (Å²) in [6.07, 6.45) is 2.44. The van der Waals surface area contributed by atoms with Gasteiger partial charge < -0.3 is 0 Å². The van der Waals surface area contributed by atoms with E-state index in [1.54, 1.807) is 0 Å². The molecular weight excluding hydrogens is 334 g/mol. The van der Waals surface area contributed by atoms with Crippen molar-refractivity contribution in [1.82, 2.24) is 4.98 Å². The number of pyridine rings is 1. The third-order valence-electron chi connectivity index (χ3n) is 2.36. The van der Waals surface area contributed by atoms with Crippen LogP contribution < -0.4 is 0 Å². The zero-order valence-electron chi connectivity index (χ0n) is 9.03. The first-order valence-corrected chi connectivity index (χ1v) is 6.35. The van der Waals surface area contributed by atoms with Crippen molar-refractivity contribution in [3.63, 3.8) is 0 Å². The summed E-state index contributed by atoms with van der Waals surface area (Å²) in [5.74, 6) is 0. The summed E-state index contributed by atoms with van der Waals surface area (Å²) in [7, 11) is 0. The lowest BCUT2D eigenvalue weighted by Gasteiger charge is -2.08. The second-order valence-electron chi connectivity index (χ2n) is 3.52. The molecule has 0 N–H and O–H groups in total. The molecule has 0 amide bonds. The molecule has 2 aromatic rings. The highest BCUT2D eigenvalue weighted by atomic mass is 35.5. The van der Waals surface area contributed by atoms with Gasteiger partial charge >= 0.3 is 5.69 Å². The maximum absolute atomic E-state index is 10.8. The van der Waals surface area contributed by atoms with Gasteiger partial charge in [-0.3, -0.25) is 15.1 Å². The number of benzene rings is 1. The fourth-order valence-electron chi connectivity index (χ4n) is 1.48. The van der Waals surface area contributed by atoms with Crippen molar-refractivity contribution >= 4 is 52.1 Å². The van der Waals surface area contributed by atoms with Gasteiger partial charge in [0.15, 0.2) is 0 Å². The molecule has 0 spiro atoms. The van der Waals surface area contributed by atoms with Gasteiger partial charge in [0.1, 0.15) is 11.2 Å². The molecule has 0 atom stereocenters. The second-order valence-corrected chi connectivity index (χ2v) is 5.12. The Kier molecular flexibility index (Phi) is 4.16. The van der Waals surface area contributed by atoms with E-state index in [1.165, 1.54) is 18.3 Å². The van der Waals surface area contributed by atoms with Crippen molar-refractivity contribution in [2.75, 3.05) is 0 Å². The standard InChI is InChI=1S/C11H4Cl4N2O2/c12-7-2-9(14)8(13)1-5(7)6-3-16-4-10(11(6)15)17(18)19/h1-4H. The molecule has 19 heavy (non-hydrogen) atoms. The van der Waals surface area contributed by atoms with Gasteiger partial charge in [-0.1, -0.05) is 46.4 Å². The minimum Gasteiger partial charge on any atom is -0.258 e. The zero-order valence-corrected chi connectivity index (χ0v) is 12.1. The lowest BCUT2D eigenvalue weighted by atomic mass is 10.1. The molecule has 0 fully saturated rings. The summed E-state index contributed by atoms with van der Waals surface area (Å²) in [5.41, 5.74) is 0.443. The van der Waals surface area contributed by atoms with Gasteiger partial charge in [-0.05, 0) is 12.1 Å². The number of halogens is 4. The first-order valence-electron chi connectivity index (χ1n) is 4.84. The number of hydrogen-bond donors (Lipinski definition) is 0. The zero-order chi connectivity index (χ0) is 14.2. The van der Waals surface area contributed by atoms with Crippen LogP contribution in [0.25, 0.3) is 11.1 Å². The molecule has 98 valence electrons. The summed E-state index contributed by atoms with van der Waals surface area (Å²) in [5, 5.41) is 11.6. The minimum atomic E-state index is -0.621. The molecular formula is C11H4Cl4N2O2. The van der Waals surface area contributed by atoms with E-state index in [9.17, 15) is 10.1 Å². The van der Waals surface area contributed by atoms with Crippen molar-refractivity contribution in [1.29, 1.82) is 0 Å². The number of nitro groups is 1. The Morgan fingerprint density at radius 2 is 1.58 bits per heavy atom. The van der Waals surface area contributed by atoms with Crippen LogP contribution in [0.3, 0.4) is 0 Å². The Hall–Kier alpha value is -1.07. The van der Waals surface area contributed by atoms with Crippen molar-refractivity contribution in [3.05, 3.63) is 54.7 Å². The normalized spacial score (nSPS) is 10.5. The third-order valence-corrected chi connectivity index (χ3v) is 3.79. The molecule has 0 aliphatic heterocycles. The lowest BCUT2D eigenvalue weighted by Crippen LogP contribution is -1.93. The number of rotatable bonds is 2. The first-order chi connectivity index (χ1) is 8.91. The molecule has 0 unspecified atom stereocenters. The predicted octanol–water partition coefficient (Wildman–Crippen LogP) is 5.27. The summed E-state index contributed by atoms with van der Waals surface area (Å²) < 4.78 is 0. The van der Waals surface area contributed by atoms with Crippen LogP contribution in [0.4, 0.5) is 5.69 Å². The van der Waals surface area contributed by atoms with E-state index >= 15 is 0 Å². The molecule has 1 aromatic carbocycles. The Morgan fingerprint density at radius 1 is 0.947 bits per heavy atom. The molecule has 0 aliphatic carbocycles. The van der Waals surface area contributed by atoms with Crippen molar-refractivity contribution in [3.8, 4) is 11.1 Å². The molecule has 8 heteroatoms. The Bertz CT molecular complexity index is 676. The van der Waals surface area contributed by atoms with Crippen LogP contribution in [-0.2, 0) is 0 Å². The van der Waals surface area contributed by atoms with Gasteiger partial charge in [0, 0.05) is 17.3 Å². The highest BCUT2D eigenvalue weighted by molar-refractivity contribution is 6.44. The van der Waals surface area contributed by atoms with Gasteiger partial charge in [0.05, 0.1) is 20.0 Å². The lowest BCUT2D eigenvalue weighted by molar-refractivity contribution is -0.385. The third kappa shape index (κ3) is 2.77. The number of nitrogens with zero attached hydrogens (tertiary/aromatic N) is 2. The van der Waals surface area contributed by atoms with Gasteiger partial charge in [0.2, 0.25) is 0 Å². The average Bonchev–Trinajstić information content (AvgIpc) is 2.34. The average molecular weight is 338 g/mol. The SMILES string of the molecule is O=[N+]([O-])c1cncc(-c2cc(Cl)c(Cl)cc2Cl)c1Cl. The minimum absolute atomic E-state index is 0.0553. The van der Waals surface area contributed by atoms with Crippen molar-refractivity contribution in [2.45, 2.75) is 0 Å². The molecule has 0 radical (unpaired) electrons. The van der Waals surface area contributed by atoms with Crippen LogP contribution in [0.1, 0.15) is 0 Å². The monoisotopic (exact) mass is 336 g/mol. The Labute approximate surface area is 128 Å². The highest BCUT2D eigenvalue weighted by Gasteiger charge is 2.19. The van der Waals surface area contributed by atoms with Crippen molar-refractivity contribution in [2.24, 2.45) is 0 Å². The maximum atomic E-state index is 10.8. The molecule has 4 nitrogen and oxygen atoms in total. The molecule has 0 saturated carbocycles. The highest BCUT2D eigenvalue weighted by Crippen LogP contribution is 2.40. The second kappa shape index (κ2) is 5.51. The van der Waals surface area contributed by atoms with Crippen molar-refractivity contribution < 1.29 is 4.92 Å². The maximum Gasteiger partial charge on any atom is 0.306 e. The number of hydrogen-bond acceptors (Lipinski definition) is 3. The Balaban J connectivity index is 2.69. The molecule has 0 bridgehead atoms. The topological polar surface area (TPSA) is 56.0 Å². The largest absolute Gasteiger partial charge is 0.306 e. The van der Waals surface area contributed by atoms with Gasteiger partial charge in [-0.15, -0.1) is 0 Å². The van der Waals surface area contributed by atoms with E-state index in [1.807, 2.05) is 0 Å². The van der Waals surface area contributed by atoms with Gasteiger partial charge in [-0.2, -0.15) is 0 Å². The molecule has 1 aromatic heterocycles. The van der Waals surface area contributed by atoms with E-state index in [0.29, 0.717) is 11.1 Å². The van der Waals surface area contributed by atoms with Crippen LogP contribution in [0.15, 0.2) is 24.5 Å². The van der Waals surface area contributed by atoms with Crippen LogP contribution in [-0.4, -0.2) is 9.91 Å². The molecule has 1 heterocycles. The predicted molar refractivity (Wildman–Crippen MR) is 76.4 cm³/mol. The fourth-order valence-corrected chi connectivity index (χ4v) is 2.39. The van der Waals surface area contributed by atoms with E-state index in [4.69, 9.17) is 46.4 Å². The molecule has 0 saturated heterocycles. The smallest absolute Gasteiger partial charge is 0.258 e. The quantitative estimate of drug-likeness (QED) is 0.426. The molecule has 0 aliphatic rings. The van der Waals surface area contributed by atoms with Crippen LogP contribution in [0, 0.1) is 10.1 Å². The van der Waals surface area contributed by atoms with Crippen LogP contribution in [0.2, 0.25) is 20.1 Å². The summed E-state index contributed by atoms with van der Waals surface area (Å²) >= 11 is 23.8. The van der Waals surface area contributed by atoms with Crippen LogP contribution >= 0.6 is 46.4 Å². The number of aromatic nitrogens is 1. The fraction of sp³-hybridized carbons (Fsp3) is 0. The Morgan fingerprint density at radius 3 is 2.21 bits per heavy atom.